The van der Waals surface area contributed by atoms with Gasteiger partial charge in [-0.2, -0.15) is 0 Å². The quantitative estimate of drug-likeness (QED) is 0.540. The normalized spacial score (nSPS) is 18.1. The summed E-state index contributed by atoms with van der Waals surface area (Å²) >= 11 is 0. The molecule has 2 aliphatic rings. The van der Waals surface area contributed by atoms with Crippen LogP contribution in [0, 0.1) is 10.1 Å². The molecule has 8 heteroatoms. The van der Waals surface area contributed by atoms with Crippen molar-refractivity contribution in [2.75, 3.05) is 12.4 Å². The number of benzene rings is 2. The lowest BCUT2D eigenvalue weighted by Gasteiger charge is -2.34. The second kappa shape index (κ2) is 8.66. The molecular weight excluding hydrogens is 410 g/mol. The number of nitro groups is 1. The number of methoxy groups -OCH3 is 1. The molecule has 0 fully saturated rings. The molecule has 1 heterocycles. The molecule has 4 rings (SSSR count). The number of carbonyl (C=O) groups excluding carboxylic acids is 2. The van der Waals surface area contributed by atoms with E-state index in [1.165, 1.54) is 19.2 Å². The lowest BCUT2D eigenvalue weighted by atomic mass is 9.75. The zero-order valence-electron chi connectivity index (χ0n) is 17.8. The predicted octanol–water partition coefficient (Wildman–Crippen LogP) is 4.21. The molecule has 32 heavy (non-hydrogen) atoms. The van der Waals surface area contributed by atoms with Crippen LogP contribution in [0.5, 0.6) is 5.75 Å². The van der Waals surface area contributed by atoms with Crippen molar-refractivity contribution in [3.05, 3.63) is 86.7 Å². The summed E-state index contributed by atoms with van der Waals surface area (Å²) in [5.74, 6) is -0.650. The molecule has 0 aromatic heterocycles. The van der Waals surface area contributed by atoms with E-state index in [2.05, 4.69) is 10.6 Å². The number of ether oxygens (including phenoxy) is 1. The van der Waals surface area contributed by atoms with Crippen molar-refractivity contribution in [2.24, 2.45) is 0 Å². The number of non-ortho nitro benzene ring substituents is 1. The molecular formula is C24H23N3O5. The number of dihydropyridines is 1. The Kier molecular flexibility index (Phi) is 5.77. The highest BCUT2D eigenvalue weighted by Gasteiger charge is 2.39. The largest absolute Gasteiger partial charge is 0.495 e. The van der Waals surface area contributed by atoms with Gasteiger partial charge < -0.3 is 15.4 Å². The number of nitrogens with one attached hydrogen (secondary N) is 2. The van der Waals surface area contributed by atoms with Gasteiger partial charge in [0.15, 0.2) is 5.78 Å². The Bertz CT molecular complexity index is 1180. The van der Waals surface area contributed by atoms with E-state index in [1.807, 2.05) is 0 Å². The molecule has 1 aliphatic carbocycles. The molecule has 1 aliphatic heterocycles. The van der Waals surface area contributed by atoms with E-state index in [0.717, 1.165) is 12.1 Å². The summed E-state index contributed by atoms with van der Waals surface area (Å²) in [6.07, 6.45) is 1.79. The van der Waals surface area contributed by atoms with Gasteiger partial charge in [-0.05, 0) is 37.5 Å². The second-order valence-corrected chi connectivity index (χ2v) is 7.77. The molecule has 164 valence electrons. The average Bonchev–Trinajstić information content (AvgIpc) is 2.78. The van der Waals surface area contributed by atoms with Gasteiger partial charge in [0.25, 0.3) is 11.6 Å². The molecule has 8 nitrogen and oxygen atoms in total. The lowest BCUT2D eigenvalue weighted by molar-refractivity contribution is -0.384. The highest BCUT2D eigenvalue weighted by molar-refractivity contribution is 6.10. The second-order valence-electron chi connectivity index (χ2n) is 7.77. The van der Waals surface area contributed by atoms with E-state index in [0.29, 0.717) is 46.7 Å². The number of carbonyl (C=O) groups is 2. The van der Waals surface area contributed by atoms with Crippen LogP contribution >= 0.6 is 0 Å². The number of nitro benzene ring substituents is 1. The third-order valence-corrected chi connectivity index (χ3v) is 5.79. The smallest absolute Gasteiger partial charge is 0.269 e. The molecule has 2 N–H and O–H groups in total. The van der Waals surface area contributed by atoms with E-state index >= 15 is 0 Å². The predicted molar refractivity (Wildman–Crippen MR) is 119 cm³/mol. The summed E-state index contributed by atoms with van der Waals surface area (Å²) in [6, 6.07) is 13.2. The molecule has 1 amide bonds. The molecule has 2 aromatic rings. The third kappa shape index (κ3) is 3.87. The lowest BCUT2D eigenvalue weighted by Crippen LogP contribution is -2.35. The number of nitrogens with zero attached hydrogens (tertiary/aromatic N) is 1. The first-order valence-corrected chi connectivity index (χ1v) is 10.3. The van der Waals surface area contributed by atoms with Crippen LogP contribution in [0.15, 0.2) is 71.1 Å². The molecule has 2 aromatic carbocycles. The summed E-state index contributed by atoms with van der Waals surface area (Å²) in [5, 5.41) is 17.5. The number of hydrogen-bond donors (Lipinski definition) is 2. The van der Waals surface area contributed by atoms with Crippen molar-refractivity contribution in [1.82, 2.24) is 5.32 Å². The number of Topliss-reactive ketones (excluding diaryl/α,β-unsaturated/α-hetero) is 1. The number of rotatable bonds is 5. The molecule has 0 saturated carbocycles. The minimum absolute atomic E-state index is 0.0506. The monoisotopic (exact) mass is 433 g/mol. The van der Waals surface area contributed by atoms with E-state index in [1.54, 1.807) is 43.3 Å². The van der Waals surface area contributed by atoms with Crippen LogP contribution in [-0.4, -0.2) is 23.7 Å². The Labute approximate surface area is 185 Å². The van der Waals surface area contributed by atoms with E-state index in [-0.39, 0.29) is 11.5 Å². The maximum absolute atomic E-state index is 13.5. The standard InChI is InChI=1S/C24H23N3O5/c1-14-21(24(29)26-17-9-3-4-12-20(17)32-2)22(15-7-5-8-16(13-15)27(30)31)23-18(25-14)10-6-11-19(23)28/h3-5,7-9,12-13,22,25H,6,10-11H2,1-2H3,(H,26,29)/t22-/m0/s1. The maximum atomic E-state index is 13.5. The van der Waals surface area contributed by atoms with Gasteiger partial charge in [-0.15, -0.1) is 0 Å². The van der Waals surface area contributed by atoms with Gasteiger partial charge in [-0.25, -0.2) is 0 Å². The SMILES string of the molecule is COc1ccccc1NC(=O)C1=C(C)NC2=C(C(=O)CCC2)[C@H]1c1cccc([N+](=O)[O-])c1. The van der Waals surface area contributed by atoms with E-state index in [4.69, 9.17) is 4.74 Å². The van der Waals surface area contributed by atoms with Gasteiger partial charge in [-0.3, -0.25) is 19.7 Å². The van der Waals surface area contributed by atoms with Gasteiger partial charge in [0.2, 0.25) is 0 Å². The van der Waals surface area contributed by atoms with Crippen LogP contribution in [0.3, 0.4) is 0 Å². The summed E-state index contributed by atoms with van der Waals surface area (Å²) in [6.45, 7) is 1.78. The summed E-state index contributed by atoms with van der Waals surface area (Å²) in [7, 11) is 1.52. The van der Waals surface area contributed by atoms with Crippen LogP contribution in [0.25, 0.3) is 0 Å². The number of anilines is 1. The molecule has 0 spiro atoms. The Hall–Kier alpha value is -3.94. The van der Waals surface area contributed by atoms with Crippen molar-refractivity contribution in [2.45, 2.75) is 32.1 Å². The fourth-order valence-electron chi connectivity index (χ4n) is 4.37. The number of ketones is 1. The van der Waals surface area contributed by atoms with Gasteiger partial charge >= 0.3 is 0 Å². The van der Waals surface area contributed by atoms with Gasteiger partial charge in [0, 0.05) is 47.0 Å². The summed E-state index contributed by atoms with van der Waals surface area (Å²) in [5.41, 5.74) is 3.19. The van der Waals surface area contributed by atoms with Crippen LogP contribution in [0.1, 0.15) is 37.7 Å². The molecule has 0 unspecified atom stereocenters. The first-order chi connectivity index (χ1) is 15.4. The van der Waals surface area contributed by atoms with Crippen LogP contribution in [0.2, 0.25) is 0 Å². The number of hydrogen-bond acceptors (Lipinski definition) is 6. The summed E-state index contributed by atoms with van der Waals surface area (Å²) in [4.78, 5) is 37.4. The van der Waals surface area contributed by atoms with Gasteiger partial charge in [0.1, 0.15) is 5.75 Å². The van der Waals surface area contributed by atoms with Crippen molar-refractivity contribution < 1.29 is 19.2 Å². The molecule has 0 radical (unpaired) electrons. The van der Waals surface area contributed by atoms with E-state index < -0.39 is 16.7 Å². The number of para-hydroxylation sites is 2. The molecule has 0 bridgehead atoms. The number of amides is 1. The molecule has 1 atom stereocenters. The Morgan fingerprint density at radius 2 is 1.97 bits per heavy atom. The first-order valence-electron chi connectivity index (χ1n) is 10.3. The highest BCUT2D eigenvalue weighted by Crippen LogP contribution is 2.43. The first kappa shape index (κ1) is 21.3. The Balaban J connectivity index is 1.82. The molecule has 0 saturated heterocycles. The zero-order valence-corrected chi connectivity index (χ0v) is 17.8. The Morgan fingerprint density at radius 1 is 1.19 bits per heavy atom. The van der Waals surface area contributed by atoms with Crippen molar-refractivity contribution in [3.63, 3.8) is 0 Å². The fraction of sp³-hybridized carbons (Fsp3) is 0.250. The van der Waals surface area contributed by atoms with Gasteiger partial charge in [-0.1, -0.05) is 24.3 Å². The van der Waals surface area contributed by atoms with Crippen molar-refractivity contribution in [3.8, 4) is 5.75 Å². The van der Waals surface area contributed by atoms with E-state index in [9.17, 15) is 19.7 Å². The fourth-order valence-corrected chi connectivity index (χ4v) is 4.37. The zero-order chi connectivity index (χ0) is 22.8. The summed E-state index contributed by atoms with van der Waals surface area (Å²) < 4.78 is 5.33. The minimum Gasteiger partial charge on any atom is -0.495 e. The Morgan fingerprint density at radius 3 is 2.72 bits per heavy atom. The van der Waals surface area contributed by atoms with Crippen LogP contribution in [0.4, 0.5) is 11.4 Å². The number of allylic oxidation sites excluding steroid dienone is 3. The van der Waals surface area contributed by atoms with Crippen molar-refractivity contribution in [1.29, 1.82) is 0 Å². The average molecular weight is 433 g/mol. The van der Waals surface area contributed by atoms with Crippen molar-refractivity contribution >= 4 is 23.1 Å². The topological polar surface area (TPSA) is 111 Å². The maximum Gasteiger partial charge on any atom is 0.269 e. The van der Waals surface area contributed by atoms with Gasteiger partial charge in [0.05, 0.1) is 17.7 Å². The highest BCUT2D eigenvalue weighted by atomic mass is 16.6. The third-order valence-electron chi connectivity index (χ3n) is 5.79. The van der Waals surface area contributed by atoms with Crippen LogP contribution < -0.4 is 15.4 Å². The van der Waals surface area contributed by atoms with Crippen LogP contribution in [-0.2, 0) is 9.59 Å². The minimum atomic E-state index is -0.700.